The molecule has 2 aromatic rings. The molecule has 1 nitrogen and oxygen atoms in total. The zero-order chi connectivity index (χ0) is 21.1. The van der Waals surface area contributed by atoms with Gasteiger partial charge in [0.2, 0.25) is 0 Å². The van der Waals surface area contributed by atoms with Gasteiger partial charge in [-0.25, -0.2) is 0 Å². The van der Waals surface area contributed by atoms with Crippen LogP contribution in [0.5, 0.6) is 0 Å². The summed E-state index contributed by atoms with van der Waals surface area (Å²) in [6.45, 7) is 4.70. The van der Waals surface area contributed by atoms with Crippen molar-refractivity contribution in [3.05, 3.63) is 69.2 Å². The van der Waals surface area contributed by atoms with E-state index in [-0.39, 0.29) is 23.4 Å². The van der Waals surface area contributed by atoms with Crippen LogP contribution in [0.3, 0.4) is 0 Å². The number of aliphatic hydroxyl groups excluding tert-OH is 1. The van der Waals surface area contributed by atoms with Gasteiger partial charge in [-0.3, -0.25) is 0 Å². The summed E-state index contributed by atoms with van der Waals surface area (Å²) < 4.78 is 0. The van der Waals surface area contributed by atoms with Crippen LogP contribution < -0.4 is 0 Å². The van der Waals surface area contributed by atoms with E-state index in [9.17, 15) is 5.11 Å². The van der Waals surface area contributed by atoms with Gasteiger partial charge in [0, 0.05) is 17.0 Å². The molecule has 0 radical (unpaired) electrons. The number of halogens is 1. The van der Waals surface area contributed by atoms with Crippen LogP contribution >= 0.6 is 11.6 Å². The van der Waals surface area contributed by atoms with Crippen molar-refractivity contribution in [2.24, 2.45) is 17.8 Å². The molecule has 0 bridgehead atoms. The Hall–Kier alpha value is -1.75. The minimum atomic E-state index is -0.262. The topological polar surface area (TPSA) is 20.2 Å². The smallest absolute Gasteiger partial charge is 0.0600 e. The summed E-state index contributed by atoms with van der Waals surface area (Å²) in [6.07, 6.45) is 12.6. The molecule has 2 fully saturated rings. The molecule has 0 aromatic heterocycles. The van der Waals surface area contributed by atoms with Gasteiger partial charge in [0.05, 0.1) is 5.41 Å². The van der Waals surface area contributed by atoms with Crippen molar-refractivity contribution in [1.82, 2.24) is 0 Å². The normalized spacial score (nSPS) is 31.0. The molecule has 1 N–H and O–H groups in total. The first-order valence-corrected chi connectivity index (χ1v) is 11.9. The van der Waals surface area contributed by atoms with Gasteiger partial charge in [-0.05, 0) is 90.2 Å². The molecule has 0 amide bonds. The van der Waals surface area contributed by atoms with Crippen LogP contribution in [0.2, 0.25) is 5.02 Å². The van der Waals surface area contributed by atoms with E-state index in [4.69, 9.17) is 18.0 Å². The third kappa shape index (κ3) is 2.80. The standard InChI is InChI=1S/C28H31ClO/c1-4-19-6-8-22(9-7-19)28(10-11-28)25-15-24-20(14-26(25)29)13-23-21(17-30)12-18(3)16-27(23,24)5-2/h2,6-9,14-15,18,21,23,30H,4,10-13,16-17H2,1,3H3. The summed E-state index contributed by atoms with van der Waals surface area (Å²) in [5, 5.41) is 11.0. The first-order chi connectivity index (χ1) is 14.5. The monoisotopic (exact) mass is 418 g/mol. The Labute approximate surface area is 185 Å². The van der Waals surface area contributed by atoms with Gasteiger partial charge in [-0.15, -0.1) is 6.42 Å². The van der Waals surface area contributed by atoms with Gasteiger partial charge in [-0.1, -0.05) is 61.7 Å². The zero-order valence-corrected chi connectivity index (χ0v) is 18.8. The maximum absolute atomic E-state index is 10.1. The van der Waals surface area contributed by atoms with E-state index in [2.05, 4.69) is 56.2 Å². The fourth-order valence-corrected chi connectivity index (χ4v) is 7.03. The largest absolute Gasteiger partial charge is 0.396 e. The van der Waals surface area contributed by atoms with Crippen LogP contribution in [0, 0.1) is 30.1 Å². The number of hydrogen-bond acceptors (Lipinski definition) is 1. The van der Waals surface area contributed by atoms with Crippen molar-refractivity contribution in [2.75, 3.05) is 6.61 Å². The van der Waals surface area contributed by atoms with E-state index >= 15 is 0 Å². The number of fused-ring (bicyclic) bond motifs is 3. The average molecular weight is 419 g/mol. The Balaban J connectivity index is 1.62. The van der Waals surface area contributed by atoms with Gasteiger partial charge in [0.15, 0.2) is 0 Å². The predicted molar refractivity (Wildman–Crippen MR) is 124 cm³/mol. The Morgan fingerprint density at radius 3 is 2.50 bits per heavy atom. The van der Waals surface area contributed by atoms with Crippen molar-refractivity contribution in [1.29, 1.82) is 0 Å². The summed E-state index contributed by atoms with van der Waals surface area (Å²) in [6, 6.07) is 13.7. The summed E-state index contributed by atoms with van der Waals surface area (Å²) in [4.78, 5) is 0. The highest BCUT2D eigenvalue weighted by molar-refractivity contribution is 6.31. The van der Waals surface area contributed by atoms with Crippen LogP contribution in [-0.4, -0.2) is 11.7 Å². The molecular formula is C28H31ClO. The third-order valence-electron chi connectivity index (χ3n) is 8.36. The van der Waals surface area contributed by atoms with Gasteiger partial charge < -0.3 is 5.11 Å². The predicted octanol–water partition coefficient (Wildman–Crippen LogP) is 6.06. The molecule has 3 aliphatic carbocycles. The molecule has 156 valence electrons. The van der Waals surface area contributed by atoms with Gasteiger partial charge in [0.1, 0.15) is 0 Å². The number of benzene rings is 2. The minimum absolute atomic E-state index is 0.0307. The molecule has 0 heterocycles. The van der Waals surface area contributed by atoms with E-state index in [0.717, 1.165) is 43.5 Å². The van der Waals surface area contributed by atoms with Crippen molar-refractivity contribution in [2.45, 2.75) is 63.2 Å². The van der Waals surface area contributed by atoms with E-state index < -0.39 is 0 Å². The van der Waals surface area contributed by atoms with E-state index in [0.29, 0.717) is 11.8 Å². The van der Waals surface area contributed by atoms with Gasteiger partial charge >= 0.3 is 0 Å². The number of aliphatic hydroxyl groups is 1. The minimum Gasteiger partial charge on any atom is -0.396 e. The number of hydrogen-bond donors (Lipinski definition) is 1. The summed E-state index contributed by atoms with van der Waals surface area (Å²) >= 11 is 6.92. The Bertz CT molecular complexity index is 1010. The fraction of sp³-hybridized carbons (Fsp3) is 0.500. The average Bonchev–Trinajstić information content (AvgIpc) is 3.50. The molecule has 2 aromatic carbocycles. The SMILES string of the molecule is C#CC12CC(C)CC(CO)C1Cc1cc(Cl)c(C3(c4ccc(CC)cc4)CC3)cc12. The van der Waals surface area contributed by atoms with Crippen LogP contribution in [0.4, 0.5) is 0 Å². The summed E-state index contributed by atoms with van der Waals surface area (Å²) in [5.74, 6) is 4.37. The van der Waals surface area contributed by atoms with Crippen molar-refractivity contribution < 1.29 is 5.11 Å². The molecule has 0 aliphatic heterocycles. The van der Waals surface area contributed by atoms with E-state index in [1.54, 1.807) is 0 Å². The van der Waals surface area contributed by atoms with Crippen LogP contribution in [0.25, 0.3) is 0 Å². The van der Waals surface area contributed by atoms with Crippen molar-refractivity contribution >= 4 is 11.6 Å². The van der Waals surface area contributed by atoms with E-state index in [1.807, 2.05) is 0 Å². The molecule has 4 atom stereocenters. The second kappa shape index (κ2) is 7.15. The Morgan fingerprint density at radius 1 is 1.17 bits per heavy atom. The first kappa shape index (κ1) is 20.2. The second-order valence-electron chi connectivity index (χ2n) is 10.0. The van der Waals surface area contributed by atoms with E-state index in [1.165, 1.54) is 27.8 Å². The van der Waals surface area contributed by atoms with Crippen molar-refractivity contribution in [3.63, 3.8) is 0 Å². The van der Waals surface area contributed by atoms with Crippen LogP contribution in [0.15, 0.2) is 36.4 Å². The molecule has 2 saturated carbocycles. The molecule has 30 heavy (non-hydrogen) atoms. The zero-order valence-electron chi connectivity index (χ0n) is 18.0. The molecule has 0 spiro atoms. The lowest BCUT2D eigenvalue weighted by Crippen LogP contribution is -2.43. The lowest BCUT2D eigenvalue weighted by atomic mass is 9.59. The maximum Gasteiger partial charge on any atom is 0.0600 e. The van der Waals surface area contributed by atoms with Gasteiger partial charge in [-0.2, -0.15) is 0 Å². The molecule has 3 aliphatic rings. The molecular weight excluding hydrogens is 388 g/mol. The van der Waals surface area contributed by atoms with Crippen LogP contribution in [-0.2, 0) is 23.7 Å². The molecule has 5 rings (SSSR count). The number of terminal acetylenes is 1. The van der Waals surface area contributed by atoms with Crippen molar-refractivity contribution in [3.8, 4) is 12.3 Å². The highest BCUT2D eigenvalue weighted by Crippen LogP contribution is 2.60. The number of aryl methyl sites for hydroxylation is 1. The lowest BCUT2D eigenvalue weighted by molar-refractivity contribution is 0.0757. The molecule has 4 unspecified atom stereocenters. The molecule has 0 saturated heterocycles. The summed E-state index contributed by atoms with van der Waals surface area (Å²) in [5.41, 5.74) is 6.38. The third-order valence-corrected chi connectivity index (χ3v) is 8.68. The quantitative estimate of drug-likeness (QED) is 0.598. The highest BCUT2D eigenvalue weighted by atomic mass is 35.5. The summed E-state index contributed by atoms with van der Waals surface area (Å²) in [7, 11) is 0. The molecule has 2 heteroatoms. The Kier molecular flexibility index (Phi) is 4.81. The number of rotatable bonds is 4. The fourth-order valence-electron chi connectivity index (χ4n) is 6.66. The van der Waals surface area contributed by atoms with Gasteiger partial charge in [0.25, 0.3) is 0 Å². The Morgan fingerprint density at radius 2 is 1.90 bits per heavy atom. The maximum atomic E-state index is 10.1. The second-order valence-corrected chi connectivity index (χ2v) is 10.4. The first-order valence-electron chi connectivity index (χ1n) is 11.5. The lowest BCUT2D eigenvalue weighted by Gasteiger charge is -2.44. The van der Waals surface area contributed by atoms with Crippen LogP contribution in [0.1, 0.15) is 67.3 Å². The highest BCUT2D eigenvalue weighted by Gasteiger charge is 2.54.